The van der Waals surface area contributed by atoms with E-state index in [2.05, 4.69) is 13.2 Å². The smallest absolute Gasteiger partial charge is 0.252 e. The van der Waals surface area contributed by atoms with Gasteiger partial charge in [-0.1, -0.05) is 13.2 Å². The normalized spacial score (nSPS) is 9.00. The third-order valence-corrected chi connectivity index (χ3v) is 1.40. The Hall–Kier alpha value is -1.42. The molecule has 0 aromatic rings. The molecule has 0 N–H and O–H groups in total. The van der Waals surface area contributed by atoms with Gasteiger partial charge in [-0.05, 0) is 12.2 Å². The maximum Gasteiger partial charge on any atom is 0.252 e. The van der Waals surface area contributed by atoms with Crippen LogP contribution in [0.5, 0.6) is 0 Å². The van der Waals surface area contributed by atoms with E-state index in [0.29, 0.717) is 6.61 Å². The van der Waals surface area contributed by atoms with E-state index in [1.807, 2.05) is 0 Å². The lowest BCUT2D eigenvalue weighted by Crippen LogP contribution is -2.36. The van der Waals surface area contributed by atoms with Crippen molar-refractivity contribution in [3.05, 3.63) is 25.3 Å². The van der Waals surface area contributed by atoms with E-state index in [1.165, 1.54) is 7.11 Å². The highest BCUT2D eigenvalue weighted by Crippen LogP contribution is 1.93. The second-order valence-electron chi connectivity index (χ2n) is 2.23. The molecule has 72 valence electrons. The van der Waals surface area contributed by atoms with Crippen molar-refractivity contribution in [3.8, 4) is 0 Å². The van der Waals surface area contributed by atoms with Gasteiger partial charge in [-0.3, -0.25) is 14.5 Å². The van der Waals surface area contributed by atoms with Crippen LogP contribution in [0.3, 0.4) is 0 Å². The predicted octanol–water partition coefficient (Wildman–Crippen LogP) is 0.360. The lowest BCUT2D eigenvalue weighted by atomic mass is 10.4. The highest BCUT2D eigenvalue weighted by molar-refractivity contribution is 6.04. The topological polar surface area (TPSA) is 46.6 Å². The van der Waals surface area contributed by atoms with Crippen LogP contribution < -0.4 is 0 Å². The van der Waals surface area contributed by atoms with Crippen LogP contribution in [0.4, 0.5) is 0 Å². The first kappa shape index (κ1) is 11.6. The monoisotopic (exact) mass is 183 g/mol. The summed E-state index contributed by atoms with van der Waals surface area (Å²) in [6, 6.07) is 0. The van der Waals surface area contributed by atoms with Gasteiger partial charge >= 0.3 is 0 Å². The summed E-state index contributed by atoms with van der Waals surface area (Å²) < 4.78 is 4.75. The quantitative estimate of drug-likeness (QED) is 0.578. The number of rotatable bonds is 5. The Bertz CT molecular complexity index is 203. The van der Waals surface area contributed by atoms with Crippen molar-refractivity contribution in [3.63, 3.8) is 0 Å². The molecule has 4 nitrogen and oxygen atoms in total. The number of carbonyl (C=O) groups is 2. The number of carbonyl (C=O) groups excluding carboxylic acids is 2. The first-order valence-electron chi connectivity index (χ1n) is 3.76. The molecule has 0 saturated heterocycles. The van der Waals surface area contributed by atoms with Crippen LogP contribution in [0.15, 0.2) is 25.3 Å². The van der Waals surface area contributed by atoms with Crippen LogP contribution in [0.2, 0.25) is 0 Å². The molecule has 0 aromatic carbocycles. The minimum absolute atomic E-state index is 0.214. The fraction of sp³-hybridized carbons (Fsp3) is 0.333. The number of ether oxygens (including phenoxy) is 1. The van der Waals surface area contributed by atoms with Crippen molar-refractivity contribution >= 4 is 11.8 Å². The van der Waals surface area contributed by atoms with E-state index in [1.54, 1.807) is 0 Å². The van der Waals surface area contributed by atoms with Crippen LogP contribution >= 0.6 is 0 Å². The van der Waals surface area contributed by atoms with Crippen molar-refractivity contribution < 1.29 is 14.3 Å². The van der Waals surface area contributed by atoms with Crippen molar-refractivity contribution in [2.24, 2.45) is 0 Å². The number of amides is 2. The molecule has 0 bridgehead atoms. The van der Waals surface area contributed by atoms with Crippen LogP contribution in [0.1, 0.15) is 0 Å². The van der Waals surface area contributed by atoms with Crippen molar-refractivity contribution in [2.75, 3.05) is 20.3 Å². The van der Waals surface area contributed by atoms with Gasteiger partial charge in [-0.2, -0.15) is 0 Å². The zero-order valence-corrected chi connectivity index (χ0v) is 7.66. The Kier molecular flexibility index (Phi) is 5.47. The van der Waals surface area contributed by atoms with Gasteiger partial charge < -0.3 is 4.74 Å². The van der Waals surface area contributed by atoms with E-state index in [-0.39, 0.29) is 6.54 Å². The Balaban J connectivity index is 4.35. The van der Waals surface area contributed by atoms with E-state index < -0.39 is 11.8 Å². The molecular formula is C9H13NO3. The molecule has 0 fully saturated rings. The molecule has 0 rings (SSSR count). The average Bonchev–Trinajstić information content (AvgIpc) is 2.17. The number of imide groups is 1. The molecule has 0 radical (unpaired) electrons. The van der Waals surface area contributed by atoms with Gasteiger partial charge in [0.05, 0.1) is 13.2 Å². The molecule has 0 aliphatic heterocycles. The summed E-state index contributed by atoms with van der Waals surface area (Å²) in [7, 11) is 1.49. The van der Waals surface area contributed by atoms with Gasteiger partial charge in [0.25, 0.3) is 11.8 Å². The highest BCUT2D eigenvalue weighted by Gasteiger charge is 2.15. The Morgan fingerprint density at radius 1 is 1.31 bits per heavy atom. The highest BCUT2D eigenvalue weighted by atomic mass is 16.5. The molecule has 0 heterocycles. The average molecular weight is 183 g/mol. The first-order valence-corrected chi connectivity index (χ1v) is 3.76. The second-order valence-corrected chi connectivity index (χ2v) is 2.23. The molecule has 0 spiro atoms. The molecule has 0 aromatic heterocycles. The van der Waals surface area contributed by atoms with Gasteiger partial charge in [0, 0.05) is 7.11 Å². The van der Waals surface area contributed by atoms with E-state index in [4.69, 9.17) is 4.74 Å². The van der Waals surface area contributed by atoms with Gasteiger partial charge in [-0.25, -0.2) is 0 Å². The zero-order valence-electron chi connectivity index (χ0n) is 7.66. The molecule has 0 aliphatic carbocycles. The van der Waals surface area contributed by atoms with Crippen LogP contribution in [-0.4, -0.2) is 37.0 Å². The lowest BCUT2D eigenvalue weighted by molar-refractivity contribution is -0.139. The van der Waals surface area contributed by atoms with Crippen LogP contribution in [-0.2, 0) is 14.3 Å². The maximum atomic E-state index is 11.1. The summed E-state index contributed by atoms with van der Waals surface area (Å²) in [6.07, 6.45) is 2.16. The molecule has 4 heteroatoms. The summed E-state index contributed by atoms with van der Waals surface area (Å²) in [5.74, 6) is -0.885. The number of nitrogens with zero attached hydrogens (tertiary/aromatic N) is 1. The first-order chi connectivity index (χ1) is 6.17. The van der Waals surface area contributed by atoms with E-state index in [0.717, 1.165) is 17.1 Å². The SMILES string of the molecule is C=CC(=O)N(CCOC)C(=O)C=C. The van der Waals surface area contributed by atoms with Crippen LogP contribution in [0.25, 0.3) is 0 Å². The number of hydrogen-bond acceptors (Lipinski definition) is 3. The number of hydrogen-bond donors (Lipinski definition) is 0. The zero-order chi connectivity index (χ0) is 10.3. The van der Waals surface area contributed by atoms with Gasteiger partial charge in [-0.15, -0.1) is 0 Å². The Morgan fingerprint density at radius 2 is 1.77 bits per heavy atom. The summed E-state index contributed by atoms with van der Waals surface area (Å²) in [5, 5.41) is 0. The third kappa shape index (κ3) is 3.66. The Labute approximate surface area is 77.5 Å². The molecule has 0 atom stereocenters. The summed E-state index contributed by atoms with van der Waals surface area (Å²) in [6.45, 7) is 7.09. The van der Waals surface area contributed by atoms with Gasteiger partial charge in [0.1, 0.15) is 0 Å². The fourth-order valence-corrected chi connectivity index (χ4v) is 0.732. The van der Waals surface area contributed by atoms with Crippen molar-refractivity contribution in [1.82, 2.24) is 4.90 Å². The minimum Gasteiger partial charge on any atom is -0.383 e. The van der Waals surface area contributed by atoms with Gasteiger partial charge in [0.2, 0.25) is 0 Å². The van der Waals surface area contributed by atoms with Gasteiger partial charge in [0.15, 0.2) is 0 Å². The van der Waals surface area contributed by atoms with Crippen molar-refractivity contribution in [1.29, 1.82) is 0 Å². The molecule has 0 saturated carbocycles. The molecule has 2 amide bonds. The minimum atomic E-state index is -0.443. The predicted molar refractivity (Wildman–Crippen MR) is 49.0 cm³/mol. The summed E-state index contributed by atoms with van der Waals surface area (Å²) in [5.41, 5.74) is 0. The van der Waals surface area contributed by atoms with E-state index >= 15 is 0 Å². The van der Waals surface area contributed by atoms with E-state index in [9.17, 15) is 9.59 Å². The lowest BCUT2D eigenvalue weighted by Gasteiger charge is -2.16. The fourth-order valence-electron chi connectivity index (χ4n) is 0.732. The summed E-state index contributed by atoms with van der Waals surface area (Å²) in [4.78, 5) is 23.2. The molecule has 0 aliphatic rings. The summed E-state index contributed by atoms with van der Waals surface area (Å²) >= 11 is 0. The second kappa shape index (κ2) is 6.14. The maximum absolute atomic E-state index is 11.1. The van der Waals surface area contributed by atoms with Crippen molar-refractivity contribution in [2.45, 2.75) is 0 Å². The standard InChI is InChI=1S/C9H13NO3/c1-4-8(11)10(6-7-13-3)9(12)5-2/h4-5H,1-2,6-7H2,3H3. The molecule has 0 unspecified atom stereocenters. The molecule has 13 heavy (non-hydrogen) atoms. The Morgan fingerprint density at radius 3 is 2.08 bits per heavy atom. The third-order valence-electron chi connectivity index (χ3n) is 1.40. The number of methoxy groups -OCH3 is 1. The molecular weight excluding hydrogens is 170 g/mol. The van der Waals surface area contributed by atoms with Crippen LogP contribution in [0, 0.1) is 0 Å². The largest absolute Gasteiger partial charge is 0.383 e.